The minimum Gasteiger partial charge on any atom is -0.465 e. The summed E-state index contributed by atoms with van der Waals surface area (Å²) in [5.74, 6) is -1.03. The quantitative estimate of drug-likeness (QED) is 0.354. The lowest BCUT2D eigenvalue weighted by molar-refractivity contribution is -0.140. The molecule has 0 bridgehead atoms. The van der Waals surface area contributed by atoms with Gasteiger partial charge in [-0.1, -0.05) is 59.9 Å². The molecule has 2 aromatic heterocycles. The second kappa shape index (κ2) is 10.5. The predicted octanol–water partition coefficient (Wildman–Crippen LogP) is 3.83. The first-order valence-corrected chi connectivity index (χ1v) is 13.1. The van der Waals surface area contributed by atoms with E-state index in [-0.39, 0.29) is 17.7 Å². The highest BCUT2D eigenvalue weighted by atomic mass is 32.1. The van der Waals surface area contributed by atoms with Crippen LogP contribution >= 0.6 is 22.7 Å². The van der Waals surface area contributed by atoms with Crippen molar-refractivity contribution in [2.45, 2.75) is 19.6 Å². The van der Waals surface area contributed by atoms with Crippen LogP contribution in [0.5, 0.6) is 0 Å². The van der Waals surface area contributed by atoms with Crippen LogP contribution in [0.4, 0.5) is 0 Å². The summed E-state index contributed by atoms with van der Waals surface area (Å²) in [6.07, 6.45) is 1.83. The largest absolute Gasteiger partial charge is 0.465 e. The van der Waals surface area contributed by atoms with Gasteiger partial charge in [-0.05, 0) is 47.7 Å². The lowest BCUT2D eigenvalue weighted by atomic mass is 9.95. The highest BCUT2D eigenvalue weighted by Crippen LogP contribution is 2.31. The summed E-state index contributed by atoms with van der Waals surface area (Å²) >= 11 is 2.80. The summed E-state index contributed by atoms with van der Waals surface area (Å²) in [5, 5.41) is 1.94. The van der Waals surface area contributed by atoms with Crippen molar-refractivity contribution >= 4 is 40.7 Å². The molecular weight excluding hydrogens is 508 g/mol. The van der Waals surface area contributed by atoms with Crippen LogP contribution in [-0.2, 0) is 20.9 Å². The molecule has 0 amide bonds. The van der Waals surface area contributed by atoms with Crippen LogP contribution in [0.2, 0.25) is 0 Å². The van der Waals surface area contributed by atoms with Gasteiger partial charge in [0.05, 0.1) is 34.5 Å². The molecule has 5 rings (SSSR count). The Bertz CT molecular complexity index is 1660. The Morgan fingerprint density at radius 1 is 1.03 bits per heavy atom. The minimum atomic E-state index is -0.767. The molecule has 0 aliphatic carbocycles. The van der Waals surface area contributed by atoms with Gasteiger partial charge >= 0.3 is 11.9 Å². The fraction of sp³-hybridized carbons (Fsp3) is 0.143. The van der Waals surface area contributed by atoms with E-state index in [1.807, 2.05) is 53.9 Å². The monoisotopic (exact) mass is 530 g/mol. The van der Waals surface area contributed by atoms with E-state index in [9.17, 15) is 14.4 Å². The summed E-state index contributed by atoms with van der Waals surface area (Å²) in [6.45, 7) is 1.83. The molecular formula is C28H22N2O5S2. The lowest BCUT2D eigenvalue weighted by Gasteiger charge is -2.25. The molecule has 0 saturated carbocycles. The molecule has 0 spiro atoms. The molecule has 37 heavy (non-hydrogen) atoms. The third-order valence-electron chi connectivity index (χ3n) is 5.92. The van der Waals surface area contributed by atoms with Gasteiger partial charge in [0.2, 0.25) is 0 Å². The Labute approximate surface area is 220 Å². The minimum absolute atomic E-state index is 0.0905. The van der Waals surface area contributed by atoms with Crippen LogP contribution in [0.1, 0.15) is 39.3 Å². The van der Waals surface area contributed by atoms with Crippen LogP contribution < -0.4 is 14.9 Å². The lowest BCUT2D eigenvalue weighted by Crippen LogP contribution is -2.39. The number of carbonyl (C=O) groups excluding carboxylic acids is 2. The van der Waals surface area contributed by atoms with Crippen LogP contribution in [0.15, 0.2) is 93.2 Å². The van der Waals surface area contributed by atoms with Gasteiger partial charge in [-0.3, -0.25) is 9.36 Å². The molecule has 0 saturated heterocycles. The molecule has 9 heteroatoms. The number of thiophene rings is 1. The highest BCUT2D eigenvalue weighted by Gasteiger charge is 2.33. The van der Waals surface area contributed by atoms with Gasteiger partial charge in [0.25, 0.3) is 5.56 Å². The Morgan fingerprint density at radius 2 is 1.78 bits per heavy atom. The highest BCUT2D eigenvalue weighted by molar-refractivity contribution is 7.11. The molecule has 1 aliphatic rings. The fourth-order valence-electron chi connectivity index (χ4n) is 4.12. The summed E-state index contributed by atoms with van der Waals surface area (Å²) in [5.41, 5.74) is 2.37. The van der Waals surface area contributed by atoms with Gasteiger partial charge in [0.15, 0.2) is 4.80 Å². The van der Waals surface area contributed by atoms with Crippen molar-refractivity contribution in [3.8, 4) is 0 Å². The van der Waals surface area contributed by atoms with Crippen LogP contribution in [0, 0.1) is 0 Å². The number of rotatable bonds is 6. The molecule has 1 atom stereocenters. The number of hydrogen-bond donors (Lipinski definition) is 0. The Balaban J connectivity index is 1.61. The fourth-order valence-corrected chi connectivity index (χ4v) is 5.89. The Hall–Kier alpha value is -4.08. The number of ether oxygens (including phenoxy) is 2. The summed E-state index contributed by atoms with van der Waals surface area (Å²) in [7, 11) is 1.31. The number of methoxy groups -OCH3 is 1. The first-order chi connectivity index (χ1) is 18.0. The van der Waals surface area contributed by atoms with Gasteiger partial charge < -0.3 is 9.47 Å². The second-order valence-electron chi connectivity index (χ2n) is 8.27. The van der Waals surface area contributed by atoms with E-state index in [0.717, 1.165) is 10.4 Å². The van der Waals surface area contributed by atoms with Crippen molar-refractivity contribution < 1.29 is 19.1 Å². The van der Waals surface area contributed by atoms with Gasteiger partial charge in [0, 0.05) is 4.88 Å². The van der Waals surface area contributed by atoms with E-state index in [2.05, 4.69) is 4.99 Å². The van der Waals surface area contributed by atoms with Crippen molar-refractivity contribution in [1.29, 1.82) is 0 Å². The Kier molecular flexibility index (Phi) is 6.98. The van der Waals surface area contributed by atoms with E-state index in [1.165, 1.54) is 34.4 Å². The van der Waals surface area contributed by atoms with Crippen molar-refractivity contribution in [3.63, 3.8) is 0 Å². The number of fused-ring (bicyclic) bond motifs is 1. The number of benzene rings is 2. The standard InChI is InChI=1S/C28H22N2O5S2/c1-17-23(27(33)35-16-18-7-4-3-5-8-18)24(19-10-12-20(13-11-19)26(32)34-2)30-25(31)22(37-28(30)29-17)15-21-9-6-14-36-21/h3-15,24H,16H2,1-2H3. The van der Waals surface area contributed by atoms with Crippen LogP contribution in [0.25, 0.3) is 6.08 Å². The maximum atomic E-state index is 13.6. The van der Waals surface area contributed by atoms with Gasteiger partial charge in [-0.15, -0.1) is 11.3 Å². The van der Waals surface area contributed by atoms with E-state index in [0.29, 0.717) is 26.2 Å². The van der Waals surface area contributed by atoms with Crippen molar-refractivity contribution in [3.05, 3.63) is 125 Å². The number of thiazole rings is 1. The Morgan fingerprint density at radius 3 is 2.46 bits per heavy atom. The summed E-state index contributed by atoms with van der Waals surface area (Å²) in [4.78, 5) is 45.1. The topological polar surface area (TPSA) is 87.0 Å². The second-order valence-corrected chi connectivity index (χ2v) is 10.3. The smallest absolute Gasteiger partial charge is 0.338 e. The molecule has 0 N–H and O–H groups in total. The maximum absolute atomic E-state index is 13.6. The number of esters is 2. The zero-order chi connectivity index (χ0) is 25.9. The zero-order valence-electron chi connectivity index (χ0n) is 20.0. The number of carbonyl (C=O) groups is 2. The molecule has 186 valence electrons. The molecule has 1 aliphatic heterocycles. The van der Waals surface area contributed by atoms with E-state index < -0.39 is 18.0 Å². The molecule has 1 unspecified atom stereocenters. The molecule has 2 aromatic carbocycles. The van der Waals surface area contributed by atoms with Gasteiger partial charge in [-0.2, -0.15) is 0 Å². The van der Waals surface area contributed by atoms with Crippen molar-refractivity contribution in [2.75, 3.05) is 7.11 Å². The predicted molar refractivity (Wildman–Crippen MR) is 142 cm³/mol. The third kappa shape index (κ3) is 4.96. The summed E-state index contributed by atoms with van der Waals surface area (Å²) < 4.78 is 12.5. The van der Waals surface area contributed by atoms with Crippen molar-refractivity contribution in [2.24, 2.45) is 4.99 Å². The van der Waals surface area contributed by atoms with Crippen LogP contribution in [0.3, 0.4) is 0 Å². The third-order valence-corrected chi connectivity index (χ3v) is 7.72. The number of nitrogens with zero attached hydrogens (tertiary/aromatic N) is 2. The van der Waals surface area contributed by atoms with Crippen molar-refractivity contribution in [1.82, 2.24) is 4.57 Å². The normalized spacial score (nSPS) is 15.2. The molecule has 4 aromatic rings. The van der Waals surface area contributed by atoms with Gasteiger partial charge in [-0.25, -0.2) is 14.6 Å². The zero-order valence-corrected chi connectivity index (χ0v) is 21.7. The number of allylic oxidation sites excluding steroid dienone is 1. The molecule has 3 heterocycles. The maximum Gasteiger partial charge on any atom is 0.338 e. The first kappa shape index (κ1) is 24.6. The first-order valence-electron chi connectivity index (χ1n) is 11.4. The molecule has 0 fully saturated rings. The molecule has 7 nitrogen and oxygen atoms in total. The van der Waals surface area contributed by atoms with Crippen LogP contribution in [-0.4, -0.2) is 23.6 Å². The number of aromatic nitrogens is 1. The SMILES string of the molecule is COC(=O)c1ccc(C2C(C(=O)OCc3ccccc3)=C(C)N=c3sc(=Cc4cccs4)c(=O)n32)cc1. The average molecular weight is 531 g/mol. The van der Waals surface area contributed by atoms with E-state index in [1.54, 1.807) is 31.2 Å². The summed E-state index contributed by atoms with van der Waals surface area (Å²) in [6, 6.07) is 19.1. The molecule has 0 radical (unpaired) electrons. The van der Waals surface area contributed by atoms with E-state index in [4.69, 9.17) is 9.47 Å². The average Bonchev–Trinajstić information content (AvgIpc) is 3.54. The van der Waals surface area contributed by atoms with E-state index >= 15 is 0 Å². The van der Waals surface area contributed by atoms with Gasteiger partial charge in [0.1, 0.15) is 6.61 Å². The number of hydrogen-bond acceptors (Lipinski definition) is 8.